The lowest BCUT2D eigenvalue weighted by Crippen LogP contribution is -2.52. The van der Waals surface area contributed by atoms with Gasteiger partial charge in [0.15, 0.2) is 11.6 Å². The Labute approximate surface area is 97.2 Å². The van der Waals surface area contributed by atoms with Gasteiger partial charge in [-0.2, -0.15) is 0 Å². The van der Waals surface area contributed by atoms with Crippen LogP contribution in [0.15, 0.2) is 18.2 Å². The standard InChI is InChI=1S/C11H13F2NO3/c1-11(14-2,10(15)16)6-17-9-5-7(12)3-4-8(9)13/h3-5,14H,6H2,1-2H3,(H,15,16). The van der Waals surface area contributed by atoms with E-state index in [-0.39, 0.29) is 12.4 Å². The van der Waals surface area contributed by atoms with Crippen LogP contribution in [0.2, 0.25) is 0 Å². The molecule has 0 bridgehead atoms. The summed E-state index contributed by atoms with van der Waals surface area (Å²) in [6.07, 6.45) is 0. The summed E-state index contributed by atoms with van der Waals surface area (Å²) in [5.41, 5.74) is -1.36. The van der Waals surface area contributed by atoms with Gasteiger partial charge in [0.05, 0.1) is 0 Å². The van der Waals surface area contributed by atoms with Gasteiger partial charge >= 0.3 is 5.97 Å². The molecule has 0 saturated carbocycles. The molecule has 1 unspecified atom stereocenters. The van der Waals surface area contributed by atoms with Crippen LogP contribution in [0.4, 0.5) is 8.78 Å². The van der Waals surface area contributed by atoms with E-state index in [0.29, 0.717) is 0 Å². The Morgan fingerprint density at radius 2 is 2.18 bits per heavy atom. The zero-order valence-electron chi connectivity index (χ0n) is 9.46. The monoisotopic (exact) mass is 245 g/mol. The van der Waals surface area contributed by atoms with Crippen molar-refractivity contribution >= 4 is 5.97 Å². The molecule has 94 valence electrons. The number of hydrogen-bond donors (Lipinski definition) is 2. The molecule has 0 amide bonds. The van der Waals surface area contributed by atoms with E-state index in [1.807, 2.05) is 0 Å². The van der Waals surface area contributed by atoms with Crippen LogP contribution in [0.5, 0.6) is 5.75 Å². The van der Waals surface area contributed by atoms with E-state index >= 15 is 0 Å². The second-order valence-electron chi connectivity index (χ2n) is 3.75. The van der Waals surface area contributed by atoms with Crippen LogP contribution in [-0.4, -0.2) is 30.3 Å². The molecule has 0 aliphatic rings. The van der Waals surface area contributed by atoms with Crippen LogP contribution >= 0.6 is 0 Å². The third kappa shape index (κ3) is 3.13. The molecule has 4 nitrogen and oxygen atoms in total. The molecule has 17 heavy (non-hydrogen) atoms. The number of hydrogen-bond acceptors (Lipinski definition) is 3. The van der Waals surface area contributed by atoms with Crippen molar-refractivity contribution in [3.05, 3.63) is 29.8 Å². The van der Waals surface area contributed by atoms with Gasteiger partial charge in [0, 0.05) is 6.07 Å². The molecule has 1 aromatic carbocycles. The largest absolute Gasteiger partial charge is 0.488 e. The molecular formula is C11H13F2NO3. The number of carboxylic acid groups (broad SMARTS) is 1. The molecular weight excluding hydrogens is 232 g/mol. The number of nitrogens with one attached hydrogen (secondary N) is 1. The Hall–Kier alpha value is -1.69. The van der Waals surface area contributed by atoms with Crippen LogP contribution in [-0.2, 0) is 4.79 Å². The SMILES string of the molecule is CNC(C)(COc1cc(F)ccc1F)C(=O)O. The van der Waals surface area contributed by atoms with E-state index in [1.165, 1.54) is 14.0 Å². The number of likely N-dealkylation sites (N-methyl/N-ethyl adjacent to an activating group) is 1. The summed E-state index contributed by atoms with van der Waals surface area (Å²) in [5, 5.41) is 11.5. The first-order valence-corrected chi connectivity index (χ1v) is 4.89. The Morgan fingerprint density at radius 1 is 1.53 bits per heavy atom. The van der Waals surface area contributed by atoms with Gasteiger partial charge in [0.1, 0.15) is 18.0 Å². The quantitative estimate of drug-likeness (QED) is 0.823. The number of halogens is 2. The zero-order chi connectivity index (χ0) is 13.1. The van der Waals surface area contributed by atoms with Gasteiger partial charge in [-0.25, -0.2) is 8.78 Å². The van der Waals surface area contributed by atoms with Crippen LogP contribution in [0, 0.1) is 11.6 Å². The van der Waals surface area contributed by atoms with Gasteiger partial charge in [-0.15, -0.1) is 0 Å². The molecule has 0 spiro atoms. The van der Waals surface area contributed by atoms with E-state index in [1.54, 1.807) is 0 Å². The Balaban J connectivity index is 2.79. The molecule has 0 aromatic heterocycles. The Kier molecular flexibility index (Phi) is 4.01. The van der Waals surface area contributed by atoms with Gasteiger partial charge in [-0.3, -0.25) is 4.79 Å². The molecule has 0 heterocycles. The lowest BCUT2D eigenvalue weighted by molar-refractivity contribution is -0.145. The van der Waals surface area contributed by atoms with Crippen molar-refractivity contribution in [2.24, 2.45) is 0 Å². The predicted octanol–water partition coefficient (Wildman–Crippen LogP) is 1.41. The zero-order valence-corrected chi connectivity index (χ0v) is 9.46. The van der Waals surface area contributed by atoms with Crippen LogP contribution in [0.1, 0.15) is 6.92 Å². The fraction of sp³-hybridized carbons (Fsp3) is 0.364. The number of rotatable bonds is 5. The summed E-state index contributed by atoms with van der Waals surface area (Å²) in [6.45, 7) is 1.06. The summed E-state index contributed by atoms with van der Waals surface area (Å²) in [4.78, 5) is 10.9. The van der Waals surface area contributed by atoms with Crippen LogP contribution in [0.25, 0.3) is 0 Å². The Morgan fingerprint density at radius 3 is 2.71 bits per heavy atom. The van der Waals surface area contributed by atoms with E-state index in [0.717, 1.165) is 18.2 Å². The van der Waals surface area contributed by atoms with Gasteiger partial charge in [0.25, 0.3) is 0 Å². The van der Waals surface area contributed by atoms with E-state index < -0.39 is 23.1 Å². The highest BCUT2D eigenvalue weighted by Gasteiger charge is 2.32. The average molecular weight is 245 g/mol. The molecule has 1 aromatic rings. The fourth-order valence-electron chi connectivity index (χ4n) is 1.05. The van der Waals surface area contributed by atoms with Crippen molar-refractivity contribution in [3.8, 4) is 5.75 Å². The molecule has 1 atom stereocenters. The molecule has 0 aliphatic heterocycles. The van der Waals surface area contributed by atoms with Crippen molar-refractivity contribution < 1.29 is 23.4 Å². The fourth-order valence-corrected chi connectivity index (χ4v) is 1.05. The molecule has 1 rings (SSSR count). The minimum Gasteiger partial charge on any atom is -0.488 e. The van der Waals surface area contributed by atoms with E-state index in [4.69, 9.17) is 9.84 Å². The summed E-state index contributed by atoms with van der Waals surface area (Å²) in [6, 6.07) is 2.74. The molecule has 6 heteroatoms. The molecule has 0 saturated heterocycles. The summed E-state index contributed by atoms with van der Waals surface area (Å²) in [5.74, 6) is -2.84. The minimum absolute atomic E-state index is 0.312. The second-order valence-corrected chi connectivity index (χ2v) is 3.75. The molecule has 2 N–H and O–H groups in total. The smallest absolute Gasteiger partial charge is 0.327 e. The predicted molar refractivity (Wildman–Crippen MR) is 57.0 cm³/mol. The number of carboxylic acids is 1. The first-order valence-electron chi connectivity index (χ1n) is 4.89. The topological polar surface area (TPSA) is 58.6 Å². The summed E-state index contributed by atoms with van der Waals surface area (Å²) in [7, 11) is 1.44. The number of benzene rings is 1. The lowest BCUT2D eigenvalue weighted by atomic mass is 10.1. The summed E-state index contributed by atoms with van der Waals surface area (Å²) >= 11 is 0. The first kappa shape index (κ1) is 13.4. The molecule has 0 fully saturated rings. The highest BCUT2D eigenvalue weighted by atomic mass is 19.1. The maximum Gasteiger partial charge on any atom is 0.327 e. The minimum atomic E-state index is -1.36. The maximum atomic E-state index is 13.2. The third-order valence-electron chi connectivity index (χ3n) is 2.43. The van der Waals surface area contributed by atoms with Crippen LogP contribution in [0.3, 0.4) is 0 Å². The highest BCUT2D eigenvalue weighted by molar-refractivity contribution is 5.78. The lowest BCUT2D eigenvalue weighted by Gasteiger charge is -2.24. The average Bonchev–Trinajstić information content (AvgIpc) is 2.29. The van der Waals surface area contributed by atoms with Crippen molar-refractivity contribution in [1.82, 2.24) is 5.32 Å². The van der Waals surface area contributed by atoms with Gasteiger partial charge in [-0.1, -0.05) is 0 Å². The number of aliphatic carboxylic acids is 1. The maximum absolute atomic E-state index is 13.2. The number of carbonyl (C=O) groups is 1. The van der Waals surface area contributed by atoms with Crippen molar-refractivity contribution in [1.29, 1.82) is 0 Å². The Bertz CT molecular complexity index is 425. The molecule has 0 radical (unpaired) electrons. The third-order valence-corrected chi connectivity index (χ3v) is 2.43. The van der Waals surface area contributed by atoms with Gasteiger partial charge in [-0.05, 0) is 26.1 Å². The van der Waals surface area contributed by atoms with Gasteiger partial charge < -0.3 is 15.2 Å². The van der Waals surface area contributed by atoms with Crippen LogP contribution < -0.4 is 10.1 Å². The van der Waals surface area contributed by atoms with Crippen molar-refractivity contribution in [2.75, 3.05) is 13.7 Å². The summed E-state index contributed by atoms with van der Waals surface area (Å²) < 4.78 is 31.0. The van der Waals surface area contributed by atoms with Gasteiger partial charge in [0.2, 0.25) is 0 Å². The number of ether oxygens (including phenoxy) is 1. The van der Waals surface area contributed by atoms with Crippen molar-refractivity contribution in [3.63, 3.8) is 0 Å². The van der Waals surface area contributed by atoms with Crippen molar-refractivity contribution in [2.45, 2.75) is 12.5 Å². The normalized spacial score (nSPS) is 14.1. The van der Waals surface area contributed by atoms with E-state index in [9.17, 15) is 13.6 Å². The molecule has 0 aliphatic carbocycles. The van der Waals surface area contributed by atoms with E-state index in [2.05, 4.69) is 5.32 Å². The highest BCUT2D eigenvalue weighted by Crippen LogP contribution is 2.19. The second kappa shape index (κ2) is 5.09. The first-order chi connectivity index (χ1) is 7.89.